The number of rotatable bonds is 3. The lowest BCUT2D eigenvalue weighted by atomic mass is 10.5. The summed E-state index contributed by atoms with van der Waals surface area (Å²) >= 11 is 6.15. The molecule has 0 amide bonds. The Labute approximate surface area is 77.2 Å². The van der Waals surface area contributed by atoms with Crippen LogP contribution in [-0.2, 0) is 0 Å². The molecule has 0 aliphatic heterocycles. The van der Waals surface area contributed by atoms with E-state index in [9.17, 15) is 0 Å². The molecule has 0 heterocycles. The molecule has 0 atom stereocenters. The molecule has 0 aromatic heterocycles. The van der Waals surface area contributed by atoms with Crippen molar-refractivity contribution in [3.63, 3.8) is 0 Å². The molecule has 1 N–H and O–H groups in total. The van der Waals surface area contributed by atoms with E-state index in [1.165, 1.54) is 6.21 Å². The molecule has 0 spiro atoms. The van der Waals surface area contributed by atoms with E-state index in [0.717, 1.165) is 11.0 Å². The molecular formula is C6H8Br2N2. The Hall–Kier alpha value is 0.0400. The van der Waals surface area contributed by atoms with Gasteiger partial charge in [0.25, 0.3) is 0 Å². The summed E-state index contributed by atoms with van der Waals surface area (Å²) in [4.78, 5) is 3.89. The van der Waals surface area contributed by atoms with Crippen LogP contribution in [0.4, 0.5) is 0 Å². The fourth-order valence-electron chi connectivity index (χ4n) is 0.339. The first-order chi connectivity index (χ1) is 4.66. The van der Waals surface area contributed by atoms with Crippen molar-refractivity contribution in [2.45, 2.75) is 13.3 Å². The van der Waals surface area contributed by atoms with E-state index in [1.54, 1.807) is 0 Å². The van der Waals surface area contributed by atoms with Crippen molar-refractivity contribution in [2.24, 2.45) is 4.99 Å². The third-order valence-corrected chi connectivity index (χ3v) is 1.41. The number of hydrogen-bond donors (Lipinski definition) is 1. The molecule has 0 aliphatic carbocycles. The minimum Gasteiger partial charge on any atom is -0.292 e. The molecule has 0 aliphatic rings. The Morgan fingerprint density at radius 2 is 2.20 bits per heavy atom. The third-order valence-electron chi connectivity index (χ3n) is 0.674. The molecule has 0 bridgehead atoms. The van der Waals surface area contributed by atoms with Crippen LogP contribution in [0.5, 0.6) is 0 Å². The Morgan fingerprint density at radius 1 is 1.60 bits per heavy atom. The largest absolute Gasteiger partial charge is 0.292 e. The van der Waals surface area contributed by atoms with Crippen LogP contribution < -0.4 is 0 Å². The van der Waals surface area contributed by atoms with Crippen molar-refractivity contribution in [3.8, 4) is 0 Å². The van der Waals surface area contributed by atoms with Crippen molar-refractivity contribution >= 4 is 42.7 Å². The summed E-state index contributed by atoms with van der Waals surface area (Å²) in [5, 5.41) is 6.94. The predicted molar refractivity (Wildman–Crippen MR) is 52.4 cm³/mol. The Balaban J connectivity index is 3.89. The molecule has 0 unspecified atom stereocenters. The highest BCUT2D eigenvalue weighted by Gasteiger charge is 1.83. The second kappa shape index (κ2) is 5.80. The zero-order valence-corrected chi connectivity index (χ0v) is 8.74. The molecule has 0 rings (SSSR count). The van der Waals surface area contributed by atoms with E-state index in [2.05, 4.69) is 36.9 Å². The van der Waals surface area contributed by atoms with E-state index in [0.29, 0.717) is 0 Å². The van der Waals surface area contributed by atoms with Gasteiger partial charge in [0.2, 0.25) is 0 Å². The van der Waals surface area contributed by atoms with Gasteiger partial charge in [0, 0.05) is 0 Å². The van der Waals surface area contributed by atoms with Gasteiger partial charge in [-0.2, -0.15) is 0 Å². The van der Waals surface area contributed by atoms with Crippen LogP contribution in [0.15, 0.2) is 15.7 Å². The SMILES string of the molecule is CC/C=C(Br)\N=C/C(=N)Br. The number of aliphatic imine (C=N–C) groups is 1. The van der Waals surface area contributed by atoms with Crippen LogP contribution in [0.2, 0.25) is 0 Å². The molecule has 0 radical (unpaired) electrons. The maximum absolute atomic E-state index is 6.94. The minimum atomic E-state index is 0.272. The van der Waals surface area contributed by atoms with Crippen molar-refractivity contribution < 1.29 is 0 Å². The summed E-state index contributed by atoms with van der Waals surface area (Å²) < 4.78 is 1.04. The van der Waals surface area contributed by atoms with Gasteiger partial charge in [0.15, 0.2) is 0 Å². The molecule has 0 aromatic carbocycles. The van der Waals surface area contributed by atoms with Gasteiger partial charge < -0.3 is 0 Å². The first-order valence-electron chi connectivity index (χ1n) is 2.80. The van der Waals surface area contributed by atoms with Crippen molar-refractivity contribution in [1.82, 2.24) is 0 Å². The van der Waals surface area contributed by atoms with E-state index in [4.69, 9.17) is 5.41 Å². The van der Waals surface area contributed by atoms with Gasteiger partial charge in [-0.05, 0) is 38.3 Å². The van der Waals surface area contributed by atoms with Crippen LogP contribution in [0.3, 0.4) is 0 Å². The average Bonchev–Trinajstić information content (AvgIpc) is 1.85. The summed E-state index contributed by atoms with van der Waals surface area (Å²) in [5.41, 5.74) is 0. The first kappa shape index (κ1) is 10.0. The highest BCUT2D eigenvalue weighted by Crippen LogP contribution is 2.06. The van der Waals surface area contributed by atoms with Gasteiger partial charge in [-0.25, -0.2) is 4.99 Å². The minimum absolute atomic E-state index is 0.272. The molecule has 4 heteroatoms. The fourth-order valence-corrected chi connectivity index (χ4v) is 0.868. The van der Waals surface area contributed by atoms with Gasteiger partial charge in [-0.3, -0.25) is 5.41 Å². The van der Waals surface area contributed by atoms with E-state index < -0.39 is 0 Å². The maximum Gasteiger partial charge on any atom is 0.115 e. The number of allylic oxidation sites excluding steroid dienone is 1. The van der Waals surface area contributed by atoms with E-state index in [1.807, 2.05) is 13.0 Å². The normalized spacial score (nSPS) is 12.5. The lowest BCUT2D eigenvalue weighted by Crippen LogP contribution is -1.82. The number of hydrogen-bond acceptors (Lipinski definition) is 2. The highest BCUT2D eigenvalue weighted by molar-refractivity contribution is 9.19. The number of halogens is 2. The zero-order chi connectivity index (χ0) is 7.98. The number of nitrogens with zero attached hydrogens (tertiary/aromatic N) is 1. The second-order valence-corrected chi connectivity index (χ2v) is 3.21. The Morgan fingerprint density at radius 3 is 2.60 bits per heavy atom. The lowest BCUT2D eigenvalue weighted by molar-refractivity contribution is 1.21. The molecule has 0 fully saturated rings. The maximum atomic E-state index is 6.94. The van der Waals surface area contributed by atoms with E-state index >= 15 is 0 Å². The number of nitrogens with one attached hydrogen (secondary N) is 1. The lowest BCUT2D eigenvalue weighted by Gasteiger charge is -1.85. The Bertz CT molecular complexity index is 173. The summed E-state index contributed by atoms with van der Waals surface area (Å²) in [7, 11) is 0. The first-order valence-corrected chi connectivity index (χ1v) is 4.39. The second-order valence-electron chi connectivity index (χ2n) is 1.54. The summed E-state index contributed by atoms with van der Waals surface area (Å²) in [6, 6.07) is 0. The molecule has 10 heavy (non-hydrogen) atoms. The molecule has 0 saturated heterocycles. The summed E-state index contributed by atoms with van der Waals surface area (Å²) in [5.74, 6) is 0. The van der Waals surface area contributed by atoms with Crippen molar-refractivity contribution in [3.05, 3.63) is 10.7 Å². The van der Waals surface area contributed by atoms with Crippen LogP contribution in [0, 0.1) is 5.41 Å². The molecule has 2 nitrogen and oxygen atoms in total. The van der Waals surface area contributed by atoms with Crippen LogP contribution in [0.25, 0.3) is 0 Å². The third kappa shape index (κ3) is 6.16. The Kier molecular flexibility index (Phi) is 5.82. The average molecular weight is 268 g/mol. The summed E-state index contributed by atoms with van der Waals surface area (Å²) in [6.45, 7) is 2.02. The molecule has 56 valence electrons. The molecule has 0 saturated carbocycles. The highest BCUT2D eigenvalue weighted by atomic mass is 79.9. The van der Waals surface area contributed by atoms with Crippen LogP contribution in [0.1, 0.15) is 13.3 Å². The van der Waals surface area contributed by atoms with Crippen molar-refractivity contribution in [1.29, 1.82) is 5.41 Å². The summed E-state index contributed by atoms with van der Waals surface area (Å²) in [6.07, 6.45) is 4.29. The molecule has 0 aromatic rings. The van der Waals surface area contributed by atoms with Crippen LogP contribution >= 0.6 is 31.9 Å². The van der Waals surface area contributed by atoms with Gasteiger partial charge >= 0.3 is 0 Å². The smallest absolute Gasteiger partial charge is 0.115 e. The van der Waals surface area contributed by atoms with Gasteiger partial charge in [-0.15, -0.1) is 0 Å². The fraction of sp³-hybridized carbons (Fsp3) is 0.333. The van der Waals surface area contributed by atoms with Crippen LogP contribution in [-0.4, -0.2) is 10.8 Å². The predicted octanol–water partition coefficient (Wildman–Crippen LogP) is 3.08. The molecular weight excluding hydrogens is 260 g/mol. The zero-order valence-electron chi connectivity index (χ0n) is 5.56. The monoisotopic (exact) mass is 266 g/mol. The van der Waals surface area contributed by atoms with Crippen molar-refractivity contribution in [2.75, 3.05) is 0 Å². The van der Waals surface area contributed by atoms with Gasteiger partial charge in [0.1, 0.15) is 9.23 Å². The quantitative estimate of drug-likeness (QED) is 0.603. The van der Waals surface area contributed by atoms with Gasteiger partial charge in [-0.1, -0.05) is 13.0 Å². The van der Waals surface area contributed by atoms with E-state index in [-0.39, 0.29) is 4.62 Å². The topological polar surface area (TPSA) is 36.2 Å². The van der Waals surface area contributed by atoms with Gasteiger partial charge in [0.05, 0.1) is 6.21 Å². The standard InChI is InChI=1S/C6H8Br2N2/c1-2-3-6(8)10-4-5(7)9/h3-4,9H,2H2,1H3/b6-3-,9-5?,10-4-.